The van der Waals surface area contributed by atoms with Crippen molar-refractivity contribution < 1.29 is 23.9 Å². The van der Waals surface area contributed by atoms with Crippen LogP contribution in [0.1, 0.15) is 36.7 Å². The Morgan fingerprint density at radius 1 is 0.839 bits per heavy atom. The number of hydrogen-bond acceptors (Lipinski definition) is 5. The molecule has 0 atom stereocenters. The highest BCUT2D eigenvalue weighted by Gasteiger charge is 2.13. The molecule has 0 aliphatic heterocycles. The minimum Gasteiger partial charge on any atom is -0.455 e. The molecule has 0 fully saturated rings. The molecule has 0 aromatic heterocycles. The Balaban J connectivity index is 1.80. The Morgan fingerprint density at radius 2 is 1.39 bits per heavy atom. The van der Waals surface area contributed by atoms with Crippen molar-refractivity contribution in [2.24, 2.45) is 0 Å². The lowest BCUT2D eigenvalue weighted by Crippen LogP contribution is -2.30. The number of benzene rings is 2. The van der Waals surface area contributed by atoms with Crippen LogP contribution in [-0.4, -0.2) is 48.3 Å². The molecule has 8 heteroatoms. The van der Waals surface area contributed by atoms with Crippen LogP contribution in [0, 0.1) is 0 Å². The van der Waals surface area contributed by atoms with E-state index in [1.54, 1.807) is 53.4 Å². The van der Waals surface area contributed by atoms with Gasteiger partial charge in [-0.2, -0.15) is 0 Å². The Kier molecular flexibility index (Phi) is 8.75. The largest absolute Gasteiger partial charge is 0.455 e. The van der Waals surface area contributed by atoms with Gasteiger partial charge in [0.1, 0.15) is 0 Å². The lowest BCUT2D eigenvalue weighted by Gasteiger charge is -2.18. The van der Waals surface area contributed by atoms with Crippen LogP contribution in [0.4, 0.5) is 11.4 Å². The smallest absolute Gasteiger partial charge is 0.310 e. The molecule has 2 aromatic rings. The van der Waals surface area contributed by atoms with Gasteiger partial charge in [-0.1, -0.05) is 12.1 Å². The van der Waals surface area contributed by atoms with Crippen LogP contribution in [0.3, 0.4) is 0 Å². The summed E-state index contributed by atoms with van der Waals surface area (Å²) in [5.41, 5.74) is 2.38. The number of anilines is 2. The lowest BCUT2D eigenvalue weighted by molar-refractivity contribution is -0.146. The van der Waals surface area contributed by atoms with Gasteiger partial charge in [0.15, 0.2) is 6.61 Å². The maximum atomic E-state index is 12.3. The van der Waals surface area contributed by atoms with E-state index in [4.69, 9.17) is 4.74 Å². The second kappa shape index (κ2) is 11.5. The van der Waals surface area contributed by atoms with Crippen molar-refractivity contribution in [3.05, 3.63) is 59.7 Å². The summed E-state index contributed by atoms with van der Waals surface area (Å²) in [7, 11) is 0. The maximum absolute atomic E-state index is 12.3. The van der Waals surface area contributed by atoms with Gasteiger partial charge in [-0.3, -0.25) is 19.2 Å². The molecular weight excluding hydrogens is 398 g/mol. The van der Waals surface area contributed by atoms with Crippen molar-refractivity contribution in [1.82, 2.24) is 4.90 Å². The maximum Gasteiger partial charge on any atom is 0.310 e. The molecule has 0 saturated heterocycles. The summed E-state index contributed by atoms with van der Waals surface area (Å²) in [4.78, 5) is 49.0. The van der Waals surface area contributed by atoms with Crippen molar-refractivity contribution in [3.63, 3.8) is 0 Å². The van der Waals surface area contributed by atoms with Gasteiger partial charge in [-0.15, -0.1) is 0 Å². The first-order valence-corrected chi connectivity index (χ1v) is 10.0. The highest BCUT2D eigenvalue weighted by molar-refractivity contribution is 5.96. The Bertz CT molecular complexity index is 919. The van der Waals surface area contributed by atoms with Crippen molar-refractivity contribution in [3.8, 4) is 0 Å². The molecule has 2 N–H and O–H groups in total. The number of carbonyl (C=O) groups excluding carboxylic acids is 4. The topological polar surface area (TPSA) is 105 Å². The van der Waals surface area contributed by atoms with E-state index in [1.165, 1.54) is 6.92 Å². The predicted molar refractivity (Wildman–Crippen MR) is 118 cm³/mol. The SMILES string of the molecule is CCN(CC)C(=O)c1ccc(NC(=O)COC(=O)Cc2ccc(NC(C)=O)cc2)cc1. The minimum absolute atomic E-state index is 0.00972. The van der Waals surface area contributed by atoms with Gasteiger partial charge in [-0.25, -0.2) is 0 Å². The molecule has 31 heavy (non-hydrogen) atoms. The Hall–Kier alpha value is -3.68. The second-order valence-electron chi connectivity index (χ2n) is 6.82. The van der Waals surface area contributed by atoms with E-state index in [0.717, 1.165) is 0 Å². The molecule has 164 valence electrons. The van der Waals surface area contributed by atoms with Crippen molar-refractivity contribution in [1.29, 1.82) is 0 Å². The fourth-order valence-corrected chi connectivity index (χ4v) is 2.86. The highest BCUT2D eigenvalue weighted by Crippen LogP contribution is 2.12. The first kappa shape index (κ1) is 23.6. The monoisotopic (exact) mass is 425 g/mol. The van der Waals surface area contributed by atoms with Gasteiger partial charge < -0.3 is 20.3 Å². The third kappa shape index (κ3) is 7.58. The van der Waals surface area contributed by atoms with E-state index >= 15 is 0 Å². The molecule has 0 heterocycles. The zero-order valence-electron chi connectivity index (χ0n) is 17.9. The zero-order valence-corrected chi connectivity index (χ0v) is 17.9. The molecule has 3 amide bonds. The molecule has 2 aromatic carbocycles. The number of ether oxygens (including phenoxy) is 1. The number of nitrogens with one attached hydrogen (secondary N) is 2. The zero-order chi connectivity index (χ0) is 22.8. The summed E-state index contributed by atoms with van der Waals surface area (Å²) in [5, 5.41) is 5.27. The quantitative estimate of drug-likeness (QED) is 0.601. The van der Waals surface area contributed by atoms with Gasteiger partial charge in [0.25, 0.3) is 11.8 Å². The first-order chi connectivity index (χ1) is 14.8. The third-order valence-electron chi connectivity index (χ3n) is 4.45. The minimum atomic E-state index is -0.539. The van der Waals surface area contributed by atoms with Gasteiger partial charge >= 0.3 is 5.97 Å². The van der Waals surface area contributed by atoms with Crippen LogP contribution in [0.15, 0.2) is 48.5 Å². The van der Waals surface area contributed by atoms with E-state index in [-0.39, 0.29) is 18.2 Å². The molecule has 2 rings (SSSR count). The first-order valence-electron chi connectivity index (χ1n) is 10.0. The number of hydrogen-bond donors (Lipinski definition) is 2. The average molecular weight is 425 g/mol. The fraction of sp³-hybridized carbons (Fsp3) is 0.304. The van der Waals surface area contributed by atoms with Crippen LogP contribution in [-0.2, 0) is 25.5 Å². The Morgan fingerprint density at radius 3 is 1.94 bits per heavy atom. The molecule has 0 spiro atoms. The second-order valence-corrected chi connectivity index (χ2v) is 6.82. The van der Waals surface area contributed by atoms with Crippen LogP contribution in [0.2, 0.25) is 0 Å². The fourth-order valence-electron chi connectivity index (χ4n) is 2.86. The third-order valence-corrected chi connectivity index (χ3v) is 4.45. The van der Waals surface area contributed by atoms with Crippen LogP contribution in [0.5, 0.6) is 0 Å². The van der Waals surface area contributed by atoms with E-state index in [2.05, 4.69) is 10.6 Å². The van der Waals surface area contributed by atoms with E-state index in [0.29, 0.717) is 35.6 Å². The number of nitrogens with zero attached hydrogens (tertiary/aromatic N) is 1. The van der Waals surface area contributed by atoms with E-state index in [1.807, 2.05) is 13.8 Å². The summed E-state index contributed by atoms with van der Waals surface area (Å²) in [6.45, 7) is 6.08. The summed E-state index contributed by atoms with van der Waals surface area (Å²) in [6, 6.07) is 13.3. The van der Waals surface area contributed by atoms with Crippen molar-refractivity contribution >= 4 is 35.1 Å². The number of esters is 1. The molecular formula is C23H27N3O5. The lowest BCUT2D eigenvalue weighted by atomic mass is 10.1. The molecule has 0 aliphatic rings. The summed E-state index contributed by atoms with van der Waals surface area (Å²) >= 11 is 0. The molecule has 0 radical (unpaired) electrons. The summed E-state index contributed by atoms with van der Waals surface area (Å²) < 4.78 is 5.02. The predicted octanol–water partition coefficient (Wildman–Crippen LogP) is 2.85. The molecule has 0 aliphatic carbocycles. The average Bonchev–Trinajstić information content (AvgIpc) is 2.74. The number of carbonyl (C=O) groups is 4. The molecule has 0 saturated carbocycles. The Labute approximate surface area is 181 Å². The van der Waals surface area contributed by atoms with Crippen LogP contribution < -0.4 is 10.6 Å². The normalized spacial score (nSPS) is 10.2. The van der Waals surface area contributed by atoms with Gasteiger partial charge in [-0.05, 0) is 55.8 Å². The van der Waals surface area contributed by atoms with Crippen molar-refractivity contribution in [2.75, 3.05) is 30.3 Å². The summed E-state index contributed by atoms with van der Waals surface area (Å²) in [6.07, 6.45) is 0.00972. The van der Waals surface area contributed by atoms with E-state index in [9.17, 15) is 19.2 Å². The van der Waals surface area contributed by atoms with Crippen molar-refractivity contribution in [2.45, 2.75) is 27.2 Å². The summed E-state index contributed by atoms with van der Waals surface area (Å²) in [5.74, 6) is -1.26. The van der Waals surface area contributed by atoms with Crippen LogP contribution >= 0.6 is 0 Å². The number of rotatable bonds is 9. The van der Waals surface area contributed by atoms with Gasteiger partial charge in [0.05, 0.1) is 6.42 Å². The standard InChI is InChI=1S/C23H27N3O5/c1-4-26(5-2)23(30)18-8-12-20(13-9-18)25-21(28)15-31-22(29)14-17-6-10-19(11-7-17)24-16(3)27/h6-13H,4-5,14-15H2,1-3H3,(H,24,27)(H,25,28). The van der Waals surface area contributed by atoms with E-state index < -0.39 is 18.5 Å². The highest BCUT2D eigenvalue weighted by atomic mass is 16.5. The van der Waals surface area contributed by atoms with Gasteiger partial charge in [0.2, 0.25) is 5.91 Å². The number of amides is 3. The molecule has 0 bridgehead atoms. The molecule has 8 nitrogen and oxygen atoms in total. The van der Waals surface area contributed by atoms with Gasteiger partial charge in [0, 0.05) is 37.0 Å². The van der Waals surface area contributed by atoms with Crippen LogP contribution in [0.25, 0.3) is 0 Å². The molecule has 0 unspecified atom stereocenters.